The minimum Gasteiger partial charge on any atom is -0.351 e. The Kier molecular flexibility index (Phi) is 4.18. The van der Waals surface area contributed by atoms with Gasteiger partial charge in [0.05, 0.1) is 24.0 Å². The van der Waals surface area contributed by atoms with Crippen LogP contribution < -0.4 is 0 Å². The van der Waals surface area contributed by atoms with Gasteiger partial charge in [-0.05, 0) is 44.9 Å². The Bertz CT molecular complexity index is 1110. The van der Waals surface area contributed by atoms with E-state index in [4.69, 9.17) is 0 Å². The van der Waals surface area contributed by atoms with Crippen molar-refractivity contribution in [2.75, 3.05) is 0 Å². The maximum atomic E-state index is 4.60. The van der Waals surface area contributed by atoms with E-state index < -0.39 is 0 Å². The van der Waals surface area contributed by atoms with Gasteiger partial charge < -0.3 is 9.97 Å². The van der Waals surface area contributed by atoms with Gasteiger partial charge in [0.15, 0.2) is 0 Å². The molecule has 2 aromatic carbocycles. The first-order valence-electron chi connectivity index (χ1n) is 9.76. The van der Waals surface area contributed by atoms with E-state index in [0.29, 0.717) is 0 Å². The summed E-state index contributed by atoms with van der Waals surface area (Å²) < 4.78 is 0. The van der Waals surface area contributed by atoms with Gasteiger partial charge in [0, 0.05) is 23.5 Å². The Morgan fingerprint density at radius 3 is 1.89 bits per heavy atom. The first-order chi connectivity index (χ1) is 13.2. The number of aromatic amines is 2. The van der Waals surface area contributed by atoms with Crippen molar-refractivity contribution in [3.05, 3.63) is 60.4 Å². The molecule has 28 heavy (non-hydrogen) atoms. The second kappa shape index (κ2) is 6.33. The van der Waals surface area contributed by atoms with E-state index in [1.165, 1.54) is 27.5 Å². The van der Waals surface area contributed by atoms with Gasteiger partial charge in [0.25, 0.3) is 0 Å². The van der Waals surface area contributed by atoms with Crippen molar-refractivity contribution in [1.29, 1.82) is 0 Å². The number of H-pyrrole nitrogens is 2. The summed E-state index contributed by atoms with van der Waals surface area (Å²) in [6.45, 7) is 13.5. The lowest BCUT2D eigenvalue weighted by atomic mass is 9.78. The highest BCUT2D eigenvalue weighted by atomic mass is 14.9. The van der Waals surface area contributed by atoms with Crippen LogP contribution in [0.3, 0.4) is 0 Å². The van der Waals surface area contributed by atoms with Crippen LogP contribution in [0.2, 0.25) is 0 Å². The smallest absolute Gasteiger partial charge is 0.0927 e. The summed E-state index contributed by atoms with van der Waals surface area (Å²) in [5, 5.41) is 2.43. The molecular weight excluding hydrogens is 344 g/mol. The number of nitrogens with zero attached hydrogens (tertiary/aromatic N) is 2. The molecule has 4 aromatic rings. The zero-order valence-electron chi connectivity index (χ0n) is 17.5. The number of aromatic nitrogens is 4. The van der Waals surface area contributed by atoms with Crippen molar-refractivity contribution in [2.45, 2.75) is 52.4 Å². The summed E-state index contributed by atoms with van der Waals surface area (Å²) in [4.78, 5) is 15.4. The van der Waals surface area contributed by atoms with Crippen LogP contribution in [0.15, 0.2) is 49.3 Å². The third kappa shape index (κ3) is 3.13. The maximum Gasteiger partial charge on any atom is 0.0927 e. The Hall–Kier alpha value is -2.88. The van der Waals surface area contributed by atoms with E-state index in [0.717, 1.165) is 17.0 Å². The molecule has 0 atom stereocenters. The third-order valence-electron chi connectivity index (χ3n) is 5.34. The fourth-order valence-corrected chi connectivity index (χ4v) is 3.77. The molecule has 4 nitrogen and oxygen atoms in total. The number of fused-ring (bicyclic) bond motifs is 1. The zero-order valence-corrected chi connectivity index (χ0v) is 17.5. The van der Waals surface area contributed by atoms with Crippen LogP contribution in [-0.4, -0.2) is 19.9 Å². The van der Waals surface area contributed by atoms with Gasteiger partial charge in [-0.2, -0.15) is 0 Å². The van der Waals surface area contributed by atoms with Crippen molar-refractivity contribution in [1.82, 2.24) is 19.9 Å². The molecule has 2 aromatic heterocycles. The van der Waals surface area contributed by atoms with Gasteiger partial charge in [0.2, 0.25) is 0 Å². The Labute approximate surface area is 166 Å². The highest BCUT2D eigenvalue weighted by molar-refractivity contribution is 6.06. The lowest BCUT2D eigenvalue weighted by Gasteiger charge is -2.26. The molecular formula is C24H28N4. The van der Waals surface area contributed by atoms with Crippen LogP contribution >= 0.6 is 0 Å². The van der Waals surface area contributed by atoms with Gasteiger partial charge >= 0.3 is 0 Å². The van der Waals surface area contributed by atoms with E-state index in [-0.39, 0.29) is 10.8 Å². The molecule has 4 heteroatoms. The Balaban J connectivity index is 2.17. The minimum atomic E-state index is -0.0315. The monoisotopic (exact) mass is 372 g/mol. The summed E-state index contributed by atoms with van der Waals surface area (Å²) in [5.74, 6) is 0. The fraction of sp³-hybridized carbons (Fsp3) is 0.333. The molecule has 0 radical (unpaired) electrons. The Morgan fingerprint density at radius 1 is 0.714 bits per heavy atom. The van der Waals surface area contributed by atoms with Crippen molar-refractivity contribution in [3.63, 3.8) is 0 Å². The average Bonchev–Trinajstić information content (AvgIpc) is 3.32. The molecule has 0 saturated carbocycles. The van der Waals surface area contributed by atoms with Crippen LogP contribution in [0, 0.1) is 0 Å². The molecule has 4 rings (SSSR count). The minimum absolute atomic E-state index is 0.0315. The number of hydrogen-bond acceptors (Lipinski definition) is 2. The highest BCUT2D eigenvalue weighted by Crippen LogP contribution is 2.43. The number of nitrogens with one attached hydrogen (secondary N) is 2. The van der Waals surface area contributed by atoms with Crippen molar-refractivity contribution >= 4 is 10.8 Å². The molecule has 0 spiro atoms. The Morgan fingerprint density at radius 2 is 1.36 bits per heavy atom. The van der Waals surface area contributed by atoms with Gasteiger partial charge in [-0.1, -0.05) is 53.7 Å². The third-order valence-corrected chi connectivity index (χ3v) is 5.34. The second-order valence-electron chi connectivity index (χ2n) is 9.52. The van der Waals surface area contributed by atoms with Gasteiger partial charge in [-0.25, -0.2) is 9.97 Å². The SMILES string of the molecule is CC(C)(C)c1ccc2c(-c3c[nH]cn3)c(C(C)(C)C)cc(-c3c[nH]cn3)c2c1. The lowest BCUT2D eigenvalue weighted by Crippen LogP contribution is -2.14. The van der Waals surface area contributed by atoms with Crippen LogP contribution in [-0.2, 0) is 10.8 Å². The number of benzene rings is 2. The van der Waals surface area contributed by atoms with Crippen molar-refractivity contribution in [3.8, 4) is 22.5 Å². The predicted octanol–water partition coefficient (Wildman–Crippen LogP) is 6.22. The molecule has 2 heterocycles. The standard InChI is InChI=1S/C24H28N4/c1-23(2,3)15-7-8-16-17(9-15)18(20-11-25-13-27-20)10-19(24(4,5)6)22(16)21-12-26-14-28-21/h7-14H,1-6H3,(H,25,27)(H,26,28). The maximum absolute atomic E-state index is 4.60. The number of imidazole rings is 2. The van der Waals surface area contributed by atoms with Crippen molar-refractivity contribution in [2.24, 2.45) is 0 Å². The van der Waals surface area contributed by atoms with E-state index in [1.54, 1.807) is 12.7 Å². The molecule has 0 unspecified atom stereocenters. The van der Waals surface area contributed by atoms with Gasteiger partial charge in [-0.15, -0.1) is 0 Å². The molecule has 144 valence electrons. The molecule has 0 amide bonds. The summed E-state index contributed by atoms with van der Waals surface area (Å²) in [7, 11) is 0. The van der Waals surface area contributed by atoms with Crippen molar-refractivity contribution < 1.29 is 0 Å². The van der Waals surface area contributed by atoms with E-state index >= 15 is 0 Å². The molecule has 0 saturated heterocycles. The van der Waals surface area contributed by atoms with Gasteiger partial charge in [-0.3, -0.25) is 0 Å². The molecule has 2 N–H and O–H groups in total. The first kappa shape index (κ1) is 18.5. The molecule has 0 fully saturated rings. The number of hydrogen-bond donors (Lipinski definition) is 2. The lowest BCUT2D eigenvalue weighted by molar-refractivity contribution is 0.590. The molecule has 0 aliphatic heterocycles. The molecule has 0 aliphatic rings. The van der Waals surface area contributed by atoms with E-state index in [1.807, 2.05) is 12.4 Å². The predicted molar refractivity (Wildman–Crippen MR) is 117 cm³/mol. The highest BCUT2D eigenvalue weighted by Gasteiger charge is 2.25. The van der Waals surface area contributed by atoms with E-state index in [9.17, 15) is 0 Å². The fourth-order valence-electron chi connectivity index (χ4n) is 3.77. The summed E-state index contributed by atoms with van der Waals surface area (Å²) in [6, 6.07) is 9.13. The largest absolute Gasteiger partial charge is 0.351 e. The van der Waals surface area contributed by atoms with Crippen LogP contribution in [0.1, 0.15) is 52.7 Å². The normalized spacial score (nSPS) is 12.6. The van der Waals surface area contributed by atoms with Crippen LogP contribution in [0.5, 0.6) is 0 Å². The molecule has 0 bridgehead atoms. The summed E-state index contributed by atoms with van der Waals surface area (Å²) in [5.41, 5.74) is 6.93. The second-order valence-corrected chi connectivity index (χ2v) is 9.52. The van der Waals surface area contributed by atoms with Gasteiger partial charge in [0.1, 0.15) is 0 Å². The quantitative estimate of drug-likeness (QED) is 0.439. The average molecular weight is 373 g/mol. The summed E-state index contributed by atoms with van der Waals surface area (Å²) in [6.07, 6.45) is 7.45. The first-order valence-corrected chi connectivity index (χ1v) is 9.76. The van der Waals surface area contributed by atoms with Crippen LogP contribution in [0.25, 0.3) is 33.3 Å². The topological polar surface area (TPSA) is 57.4 Å². The van der Waals surface area contributed by atoms with E-state index in [2.05, 4.69) is 85.7 Å². The zero-order chi connectivity index (χ0) is 20.1. The number of rotatable bonds is 2. The van der Waals surface area contributed by atoms with Crippen LogP contribution in [0.4, 0.5) is 0 Å². The molecule has 0 aliphatic carbocycles. The summed E-state index contributed by atoms with van der Waals surface area (Å²) >= 11 is 0.